The molecule has 1 atom stereocenters. The van der Waals surface area contributed by atoms with Crippen LogP contribution in [0.1, 0.15) is 23.7 Å². The minimum atomic E-state index is -0.613. The van der Waals surface area contributed by atoms with Crippen LogP contribution in [0.25, 0.3) is 0 Å². The summed E-state index contributed by atoms with van der Waals surface area (Å²) >= 11 is 5.92. The van der Waals surface area contributed by atoms with Crippen LogP contribution in [0.15, 0.2) is 36.7 Å². The van der Waals surface area contributed by atoms with Crippen LogP contribution in [0, 0.1) is 0 Å². The maximum absolute atomic E-state index is 13.0. The van der Waals surface area contributed by atoms with Crippen LogP contribution in [0.5, 0.6) is 0 Å². The number of rotatable bonds is 2. The third-order valence-corrected chi connectivity index (χ3v) is 5.97. The molecule has 4 rings (SSSR count). The van der Waals surface area contributed by atoms with Crippen LogP contribution in [0.3, 0.4) is 0 Å². The second kappa shape index (κ2) is 7.18. The Kier molecular flexibility index (Phi) is 4.82. The molecule has 2 aromatic rings. The fourth-order valence-corrected chi connectivity index (χ4v) is 4.36. The van der Waals surface area contributed by atoms with Gasteiger partial charge in [-0.3, -0.25) is 19.1 Å². The number of halogens is 1. The SMILES string of the molecule is CC(=O)N1CC(=O)N(c2cnn(C)c2)CC12CCN(C(=O)c1ccc(Cl)cc1)C2. The molecule has 2 saturated heterocycles. The number of aryl methyl sites for hydroxylation is 1. The number of likely N-dealkylation sites (tertiary alicyclic amines) is 1. The van der Waals surface area contributed by atoms with E-state index < -0.39 is 5.54 Å². The Hall–Kier alpha value is -2.87. The van der Waals surface area contributed by atoms with Crippen molar-refractivity contribution in [1.29, 1.82) is 0 Å². The number of nitrogens with zero attached hydrogens (tertiary/aromatic N) is 5. The normalized spacial score (nSPS) is 21.9. The van der Waals surface area contributed by atoms with Crippen molar-refractivity contribution in [2.24, 2.45) is 7.05 Å². The summed E-state index contributed by atoms with van der Waals surface area (Å²) in [6, 6.07) is 6.77. The molecule has 1 spiro atoms. The van der Waals surface area contributed by atoms with Gasteiger partial charge in [-0.05, 0) is 30.7 Å². The minimum Gasteiger partial charge on any atom is -0.336 e. The number of anilines is 1. The van der Waals surface area contributed by atoms with E-state index >= 15 is 0 Å². The zero-order chi connectivity index (χ0) is 20.8. The number of benzene rings is 1. The monoisotopic (exact) mass is 415 g/mol. The summed E-state index contributed by atoms with van der Waals surface area (Å²) in [5.41, 5.74) is 0.636. The molecule has 29 heavy (non-hydrogen) atoms. The molecule has 1 aromatic carbocycles. The summed E-state index contributed by atoms with van der Waals surface area (Å²) in [7, 11) is 1.79. The summed E-state index contributed by atoms with van der Waals surface area (Å²) in [6.45, 7) is 2.69. The first-order valence-corrected chi connectivity index (χ1v) is 9.79. The Morgan fingerprint density at radius 1 is 1.17 bits per heavy atom. The van der Waals surface area contributed by atoms with Crippen molar-refractivity contribution < 1.29 is 14.4 Å². The van der Waals surface area contributed by atoms with Crippen LogP contribution in [0.2, 0.25) is 5.02 Å². The highest BCUT2D eigenvalue weighted by Gasteiger charge is 2.51. The molecule has 0 saturated carbocycles. The number of carbonyl (C=O) groups is 3. The Morgan fingerprint density at radius 2 is 1.90 bits per heavy atom. The van der Waals surface area contributed by atoms with Gasteiger partial charge in [-0.15, -0.1) is 0 Å². The Balaban J connectivity index is 1.61. The maximum Gasteiger partial charge on any atom is 0.253 e. The van der Waals surface area contributed by atoms with Gasteiger partial charge in [0.15, 0.2) is 0 Å². The molecule has 3 amide bonds. The second-order valence-electron chi connectivity index (χ2n) is 7.67. The molecule has 1 aromatic heterocycles. The molecule has 0 radical (unpaired) electrons. The fourth-order valence-electron chi connectivity index (χ4n) is 4.24. The summed E-state index contributed by atoms with van der Waals surface area (Å²) in [5.74, 6) is -0.418. The van der Waals surface area contributed by atoms with Crippen molar-refractivity contribution in [2.75, 3.05) is 31.1 Å². The Morgan fingerprint density at radius 3 is 2.52 bits per heavy atom. The minimum absolute atomic E-state index is 0.00674. The lowest BCUT2D eigenvalue weighted by atomic mass is 9.92. The number of hydrogen-bond donors (Lipinski definition) is 0. The third-order valence-electron chi connectivity index (χ3n) is 5.71. The number of aromatic nitrogens is 2. The Labute approximate surface area is 173 Å². The molecule has 2 aliphatic rings. The molecular weight excluding hydrogens is 394 g/mol. The van der Waals surface area contributed by atoms with Gasteiger partial charge in [0, 0.05) is 43.8 Å². The summed E-state index contributed by atoms with van der Waals surface area (Å²) < 4.78 is 1.64. The van der Waals surface area contributed by atoms with E-state index in [1.807, 2.05) is 0 Å². The van der Waals surface area contributed by atoms with Crippen LogP contribution < -0.4 is 4.90 Å². The summed E-state index contributed by atoms with van der Waals surface area (Å²) in [4.78, 5) is 43.1. The average molecular weight is 416 g/mol. The molecule has 2 fully saturated rings. The lowest BCUT2D eigenvalue weighted by Crippen LogP contribution is -2.67. The number of carbonyl (C=O) groups excluding carboxylic acids is 3. The van der Waals surface area contributed by atoms with Crippen molar-refractivity contribution in [3.63, 3.8) is 0 Å². The van der Waals surface area contributed by atoms with Gasteiger partial charge < -0.3 is 14.7 Å². The summed E-state index contributed by atoms with van der Waals surface area (Å²) in [5, 5.41) is 4.72. The highest BCUT2D eigenvalue weighted by Crippen LogP contribution is 2.35. The highest BCUT2D eigenvalue weighted by molar-refractivity contribution is 6.30. The maximum atomic E-state index is 13.0. The summed E-state index contributed by atoms with van der Waals surface area (Å²) in [6.07, 6.45) is 4.02. The second-order valence-corrected chi connectivity index (χ2v) is 8.10. The van der Waals surface area contributed by atoms with Gasteiger partial charge in [-0.2, -0.15) is 5.10 Å². The van der Waals surface area contributed by atoms with Crippen LogP contribution in [-0.4, -0.2) is 69.0 Å². The van der Waals surface area contributed by atoms with Crippen molar-refractivity contribution in [3.8, 4) is 0 Å². The van der Waals surface area contributed by atoms with E-state index in [2.05, 4.69) is 5.10 Å². The average Bonchev–Trinajstić information content (AvgIpc) is 3.30. The first kappa shape index (κ1) is 19.4. The van der Waals surface area contributed by atoms with Gasteiger partial charge in [0.2, 0.25) is 11.8 Å². The number of piperazine rings is 1. The first-order valence-electron chi connectivity index (χ1n) is 9.41. The molecule has 8 nitrogen and oxygen atoms in total. The van der Waals surface area contributed by atoms with Crippen LogP contribution >= 0.6 is 11.6 Å². The number of amides is 3. The molecule has 2 aliphatic heterocycles. The van der Waals surface area contributed by atoms with Crippen molar-refractivity contribution >= 4 is 35.0 Å². The van der Waals surface area contributed by atoms with E-state index in [1.165, 1.54) is 6.92 Å². The quantitative estimate of drug-likeness (QED) is 0.745. The molecule has 3 heterocycles. The molecule has 9 heteroatoms. The van der Waals surface area contributed by atoms with Crippen LogP contribution in [0.4, 0.5) is 5.69 Å². The lowest BCUT2D eigenvalue weighted by Gasteiger charge is -2.47. The smallest absolute Gasteiger partial charge is 0.253 e. The largest absolute Gasteiger partial charge is 0.336 e. The third kappa shape index (κ3) is 3.48. The molecule has 152 valence electrons. The molecule has 1 unspecified atom stereocenters. The predicted octanol–water partition coefficient (Wildman–Crippen LogP) is 1.55. The van der Waals surface area contributed by atoms with E-state index in [9.17, 15) is 14.4 Å². The van der Waals surface area contributed by atoms with Crippen molar-refractivity contribution in [1.82, 2.24) is 19.6 Å². The fraction of sp³-hybridized carbons (Fsp3) is 0.400. The zero-order valence-electron chi connectivity index (χ0n) is 16.3. The number of hydrogen-bond acceptors (Lipinski definition) is 4. The van der Waals surface area contributed by atoms with Gasteiger partial charge in [-0.25, -0.2) is 0 Å². The topological polar surface area (TPSA) is 78.8 Å². The molecule has 0 bridgehead atoms. The van der Waals surface area contributed by atoms with Gasteiger partial charge in [0.25, 0.3) is 5.91 Å². The van der Waals surface area contributed by atoms with Gasteiger partial charge in [0.05, 0.1) is 24.0 Å². The van der Waals surface area contributed by atoms with E-state index in [-0.39, 0.29) is 24.3 Å². The first-order chi connectivity index (χ1) is 13.8. The highest BCUT2D eigenvalue weighted by atomic mass is 35.5. The molecule has 0 N–H and O–H groups in total. The standard InChI is InChI=1S/C20H22ClN5O3/c1-14(27)26-11-18(28)25(17-9-22-23(2)10-17)13-20(26)7-8-24(12-20)19(29)15-3-5-16(21)6-4-15/h3-6,9-10H,7-8,11-13H2,1-2H3. The van der Waals surface area contributed by atoms with E-state index in [0.717, 1.165) is 0 Å². The predicted molar refractivity (Wildman–Crippen MR) is 108 cm³/mol. The van der Waals surface area contributed by atoms with Gasteiger partial charge >= 0.3 is 0 Å². The van der Waals surface area contributed by atoms with Gasteiger partial charge in [-0.1, -0.05) is 11.6 Å². The Bertz CT molecular complexity index is 973. The van der Waals surface area contributed by atoms with Crippen molar-refractivity contribution in [2.45, 2.75) is 18.9 Å². The zero-order valence-corrected chi connectivity index (χ0v) is 17.1. The van der Waals surface area contributed by atoms with E-state index in [4.69, 9.17) is 11.6 Å². The lowest BCUT2D eigenvalue weighted by molar-refractivity contribution is -0.142. The van der Waals surface area contributed by atoms with Crippen molar-refractivity contribution in [3.05, 3.63) is 47.2 Å². The van der Waals surface area contributed by atoms with Crippen LogP contribution in [-0.2, 0) is 16.6 Å². The van der Waals surface area contributed by atoms with E-state index in [1.54, 1.807) is 63.1 Å². The van der Waals surface area contributed by atoms with Gasteiger partial charge in [0.1, 0.15) is 6.54 Å². The molecule has 0 aliphatic carbocycles. The van der Waals surface area contributed by atoms with E-state index in [0.29, 0.717) is 42.3 Å². The molecular formula is C20H22ClN5O3.